The normalized spacial score (nSPS) is 17.9. The summed E-state index contributed by atoms with van der Waals surface area (Å²) in [5.41, 5.74) is 10.7. The van der Waals surface area contributed by atoms with Crippen LogP contribution in [0.3, 0.4) is 0 Å². The molecule has 2 aromatic rings. The van der Waals surface area contributed by atoms with Crippen LogP contribution in [-0.4, -0.2) is 6.04 Å². The van der Waals surface area contributed by atoms with Crippen LogP contribution in [-0.2, 0) is 6.42 Å². The Morgan fingerprint density at radius 1 is 1.17 bits per heavy atom. The molecular formula is C15H15IN2. The third kappa shape index (κ3) is 1.86. The van der Waals surface area contributed by atoms with Crippen molar-refractivity contribution in [3.8, 4) is 0 Å². The fourth-order valence-electron chi connectivity index (χ4n) is 2.65. The highest BCUT2D eigenvalue weighted by Crippen LogP contribution is 2.40. The highest BCUT2D eigenvalue weighted by Gasteiger charge is 2.27. The molecule has 0 bridgehead atoms. The molecule has 0 aromatic heterocycles. The molecule has 0 saturated carbocycles. The van der Waals surface area contributed by atoms with E-state index in [0.29, 0.717) is 6.04 Å². The van der Waals surface area contributed by atoms with Crippen LogP contribution in [0.5, 0.6) is 0 Å². The molecule has 3 rings (SSSR count). The summed E-state index contributed by atoms with van der Waals surface area (Å²) in [6.07, 6.45) is 1.11. The van der Waals surface area contributed by atoms with Gasteiger partial charge in [0.2, 0.25) is 0 Å². The topological polar surface area (TPSA) is 29.3 Å². The molecule has 0 saturated heterocycles. The largest absolute Gasteiger partial charge is 0.399 e. The van der Waals surface area contributed by atoms with Crippen LogP contribution >= 0.6 is 22.6 Å². The van der Waals surface area contributed by atoms with Gasteiger partial charge in [0.25, 0.3) is 0 Å². The van der Waals surface area contributed by atoms with Gasteiger partial charge >= 0.3 is 0 Å². The minimum atomic E-state index is 0.500. The van der Waals surface area contributed by atoms with Crippen molar-refractivity contribution in [2.75, 3.05) is 10.6 Å². The maximum atomic E-state index is 5.83. The van der Waals surface area contributed by atoms with Gasteiger partial charge in [0.1, 0.15) is 0 Å². The maximum Gasteiger partial charge on any atom is 0.0550 e. The van der Waals surface area contributed by atoms with Crippen molar-refractivity contribution in [3.63, 3.8) is 0 Å². The molecule has 0 fully saturated rings. The first-order valence-electron chi connectivity index (χ1n) is 6.09. The molecule has 1 heterocycles. The number of anilines is 3. The molecule has 3 heteroatoms. The van der Waals surface area contributed by atoms with Gasteiger partial charge in [0.15, 0.2) is 0 Å². The molecule has 92 valence electrons. The highest BCUT2D eigenvalue weighted by molar-refractivity contribution is 14.1. The fraction of sp³-hybridized carbons (Fsp3) is 0.200. The first-order chi connectivity index (χ1) is 8.66. The Morgan fingerprint density at radius 2 is 1.94 bits per heavy atom. The molecule has 1 unspecified atom stereocenters. The predicted octanol–water partition coefficient (Wildman–Crippen LogP) is 3.96. The van der Waals surface area contributed by atoms with Crippen LogP contribution in [0.2, 0.25) is 0 Å². The van der Waals surface area contributed by atoms with Gasteiger partial charge in [-0.3, -0.25) is 0 Å². The summed E-state index contributed by atoms with van der Waals surface area (Å²) in [6.45, 7) is 2.27. The third-order valence-electron chi connectivity index (χ3n) is 3.44. The zero-order valence-electron chi connectivity index (χ0n) is 10.2. The van der Waals surface area contributed by atoms with Crippen LogP contribution in [0.1, 0.15) is 12.5 Å². The van der Waals surface area contributed by atoms with E-state index in [1.165, 1.54) is 20.5 Å². The second-order valence-electron chi connectivity index (χ2n) is 4.76. The second-order valence-corrected chi connectivity index (χ2v) is 5.92. The summed E-state index contributed by atoms with van der Waals surface area (Å²) in [7, 11) is 0. The average molecular weight is 350 g/mol. The number of rotatable bonds is 1. The number of nitrogens with two attached hydrogens (primary N) is 1. The fourth-order valence-corrected chi connectivity index (χ4v) is 3.45. The molecule has 0 amide bonds. The number of nitrogens with zero attached hydrogens (tertiary/aromatic N) is 1. The zero-order chi connectivity index (χ0) is 12.7. The quantitative estimate of drug-likeness (QED) is 0.623. The van der Waals surface area contributed by atoms with Gasteiger partial charge < -0.3 is 10.6 Å². The van der Waals surface area contributed by atoms with Gasteiger partial charge in [0, 0.05) is 21.0 Å². The Balaban J connectivity index is 2.12. The van der Waals surface area contributed by atoms with E-state index in [4.69, 9.17) is 5.73 Å². The summed E-state index contributed by atoms with van der Waals surface area (Å²) in [5, 5.41) is 0. The predicted molar refractivity (Wildman–Crippen MR) is 85.3 cm³/mol. The van der Waals surface area contributed by atoms with E-state index in [2.05, 4.69) is 64.7 Å². The van der Waals surface area contributed by atoms with E-state index in [1.807, 2.05) is 12.1 Å². The molecule has 0 aliphatic carbocycles. The molecule has 1 atom stereocenters. The number of benzene rings is 2. The number of fused-ring (bicyclic) bond motifs is 1. The summed E-state index contributed by atoms with van der Waals surface area (Å²) in [6, 6.07) is 15.3. The molecule has 2 aromatic carbocycles. The lowest BCUT2D eigenvalue weighted by Crippen LogP contribution is -2.24. The Labute approximate surface area is 121 Å². The van der Waals surface area contributed by atoms with E-state index in [1.54, 1.807) is 0 Å². The molecule has 18 heavy (non-hydrogen) atoms. The van der Waals surface area contributed by atoms with Crippen LogP contribution in [0.15, 0.2) is 42.5 Å². The van der Waals surface area contributed by atoms with Gasteiger partial charge in [-0.15, -0.1) is 0 Å². The van der Waals surface area contributed by atoms with Crippen molar-refractivity contribution >= 4 is 39.7 Å². The minimum Gasteiger partial charge on any atom is -0.399 e. The molecule has 1 aliphatic heterocycles. The highest BCUT2D eigenvalue weighted by atomic mass is 127. The van der Waals surface area contributed by atoms with Crippen LogP contribution in [0.25, 0.3) is 0 Å². The maximum absolute atomic E-state index is 5.83. The molecule has 0 radical (unpaired) electrons. The number of hydrogen-bond donors (Lipinski definition) is 1. The first-order valence-corrected chi connectivity index (χ1v) is 7.17. The lowest BCUT2D eigenvalue weighted by atomic mass is 10.1. The van der Waals surface area contributed by atoms with Crippen molar-refractivity contribution in [2.45, 2.75) is 19.4 Å². The van der Waals surface area contributed by atoms with Crippen molar-refractivity contribution in [1.29, 1.82) is 0 Å². The summed E-state index contributed by atoms with van der Waals surface area (Å²) >= 11 is 2.36. The van der Waals surface area contributed by atoms with Crippen LogP contribution in [0, 0.1) is 3.57 Å². The van der Waals surface area contributed by atoms with E-state index in [9.17, 15) is 0 Å². The van der Waals surface area contributed by atoms with E-state index >= 15 is 0 Å². The standard InChI is InChI=1S/C15H15IN2/c1-10-8-11-4-2-3-5-14(11)18(10)15-7-6-12(17)9-13(15)16/h2-7,9-10H,8,17H2,1H3. The Kier molecular flexibility index (Phi) is 2.93. The summed E-state index contributed by atoms with van der Waals surface area (Å²) in [4.78, 5) is 2.41. The van der Waals surface area contributed by atoms with Gasteiger partial charge in [0.05, 0.1) is 5.69 Å². The van der Waals surface area contributed by atoms with Crippen molar-refractivity contribution in [2.24, 2.45) is 0 Å². The van der Waals surface area contributed by atoms with E-state index < -0.39 is 0 Å². The van der Waals surface area contributed by atoms with E-state index in [-0.39, 0.29) is 0 Å². The van der Waals surface area contributed by atoms with Gasteiger partial charge in [-0.1, -0.05) is 18.2 Å². The lowest BCUT2D eigenvalue weighted by molar-refractivity contribution is 0.758. The lowest BCUT2D eigenvalue weighted by Gasteiger charge is -2.26. The van der Waals surface area contributed by atoms with Crippen molar-refractivity contribution in [1.82, 2.24) is 0 Å². The molecule has 2 nitrogen and oxygen atoms in total. The molecule has 1 aliphatic rings. The smallest absolute Gasteiger partial charge is 0.0550 e. The van der Waals surface area contributed by atoms with Crippen molar-refractivity contribution < 1.29 is 0 Å². The van der Waals surface area contributed by atoms with Gasteiger partial charge in [-0.25, -0.2) is 0 Å². The Hall–Kier alpha value is -1.23. The monoisotopic (exact) mass is 350 g/mol. The third-order valence-corrected chi connectivity index (χ3v) is 4.30. The number of para-hydroxylation sites is 1. The molecule has 0 spiro atoms. The Morgan fingerprint density at radius 3 is 2.72 bits per heavy atom. The number of nitrogen functional groups attached to an aromatic ring is 1. The van der Waals surface area contributed by atoms with Gasteiger partial charge in [-0.2, -0.15) is 0 Å². The first kappa shape index (κ1) is 11.8. The summed E-state index contributed by atoms with van der Waals surface area (Å²) in [5.74, 6) is 0. The van der Waals surface area contributed by atoms with Crippen molar-refractivity contribution in [3.05, 3.63) is 51.6 Å². The van der Waals surface area contributed by atoms with Crippen LogP contribution < -0.4 is 10.6 Å². The average Bonchev–Trinajstić information content (AvgIpc) is 2.66. The molecule has 2 N–H and O–H groups in total. The van der Waals surface area contributed by atoms with Crippen LogP contribution in [0.4, 0.5) is 17.1 Å². The SMILES string of the molecule is CC1Cc2ccccc2N1c1ccc(N)cc1I. The zero-order valence-corrected chi connectivity index (χ0v) is 12.4. The Bertz CT molecular complexity index is 595. The molecular weight excluding hydrogens is 335 g/mol. The minimum absolute atomic E-state index is 0.500. The number of halogens is 1. The summed E-state index contributed by atoms with van der Waals surface area (Å²) < 4.78 is 1.20. The second kappa shape index (κ2) is 4.46. The number of hydrogen-bond acceptors (Lipinski definition) is 2. The van der Waals surface area contributed by atoms with Gasteiger partial charge in [-0.05, 0) is 65.8 Å². The van der Waals surface area contributed by atoms with E-state index in [0.717, 1.165) is 12.1 Å².